The molecule has 0 unspecified atom stereocenters. The zero-order valence-corrected chi connectivity index (χ0v) is 14.2. The molecule has 7 nitrogen and oxygen atoms in total. The first kappa shape index (κ1) is 17.7. The van der Waals surface area contributed by atoms with Crippen LogP contribution in [0.1, 0.15) is 18.4 Å². The highest BCUT2D eigenvalue weighted by Gasteiger charge is 2.08. The molecule has 0 bridgehead atoms. The molecule has 24 heavy (non-hydrogen) atoms. The highest BCUT2D eigenvalue weighted by Crippen LogP contribution is 2.17. The van der Waals surface area contributed by atoms with Crippen molar-refractivity contribution in [1.29, 1.82) is 0 Å². The summed E-state index contributed by atoms with van der Waals surface area (Å²) in [6.07, 6.45) is 2.98. The zero-order valence-electron chi connectivity index (χ0n) is 13.3. The van der Waals surface area contributed by atoms with E-state index in [0.717, 1.165) is 16.5 Å². The Morgan fingerprint density at radius 2 is 2.04 bits per heavy atom. The molecule has 0 spiro atoms. The van der Waals surface area contributed by atoms with Crippen LogP contribution in [0.25, 0.3) is 10.9 Å². The zero-order chi connectivity index (χ0) is 17.4. The number of nitrogens with one attached hydrogen (secondary N) is 4. The maximum atomic E-state index is 12.0. The second-order valence-corrected chi connectivity index (χ2v) is 5.55. The van der Waals surface area contributed by atoms with Crippen molar-refractivity contribution in [3.05, 3.63) is 36.0 Å². The maximum absolute atomic E-state index is 12.0. The van der Waals surface area contributed by atoms with E-state index in [0.29, 0.717) is 24.5 Å². The molecule has 0 aliphatic carbocycles. The number of para-hydroxylation sites is 1. The largest absolute Gasteiger partial charge is 0.469 e. The Morgan fingerprint density at radius 1 is 1.25 bits per heavy atom. The van der Waals surface area contributed by atoms with Crippen LogP contribution >= 0.6 is 12.2 Å². The van der Waals surface area contributed by atoms with Crippen LogP contribution in [0.2, 0.25) is 0 Å². The Bertz CT molecular complexity index is 729. The number of H-pyrrole nitrogens is 1. The molecule has 0 saturated carbocycles. The number of aromatic amines is 1. The van der Waals surface area contributed by atoms with Crippen molar-refractivity contribution in [2.45, 2.75) is 19.3 Å². The number of hydrogen-bond donors (Lipinski definition) is 4. The molecule has 0 aliphatic rings. The quantitative estimate of drug-likeness (QED) is 0.271. The Morgan fingerprint density at radius 3 is 2.83 bits per heavy atom. The normalized spacial score (nSPS) is 10.2. The summed E-state index contributed by atoms with van der Waals surface area (Å²) in [6.45, 7) is 0.513. The van der Waals surface area contributed by atoms with Gasteiger partial charge in [-0.3, -0.25) is 20.4 Å². The van der Waals surface area contributed by atoms with Crippen LogP contribution in [0.5, 0.6) is 0 Å². The Kier molecular flexibility index (Phi) is 6.56. The first-order valence-electron chi connectivity index (χ1n) is 7.54. The van der Waals surface area contributed by atoms with Gasteiger partial charge in [0.25, 0.3) is 0 Å². The molecule has 0 aliphatic heterocycles. The van der Waals surface area contributed by atoms with Crippen LogP contribution in [0, 0.1) is 0 Å². The average Bonchev–Trinajstić information content (AvgIpc) is 2.99. The lowest BCUT2D eigenvalue weighted by Crippen LogP contribution is -2.47. The molecule has 2 rings (SSSR count). The van der Waals surface area contributed by atoms with E-state index >= 15 is 0 Å². The minimum absolute atomic E-state index is 0.196. The smallest absolute Gasteiger partial charge is 0.305 e. The molecule has 0 saturated heterocycles. The van der Waals surface area contributed by atoms with Crippen molar-refractivity contribution in [1.82, 2.24) is 21.2 Å². The first-order valence-corrected chi connectivity index (χ1v) is 7.95. The summed E-state index contributed by atoms with van der Waals surface area (Å²) >= 11 is 5.05. The topological polar surface area (TPSA) is 95.2 Å². The fraction of sp³-hybridized carbons (Fsp3) is 0.312. The summed E-state index contributed by atoms with van der Waals surface area (Å²) in [4.78, 5) is 26.1. The van der Waals surface area contributed by atoms with Crippen molar-refractivity contribution in [3.8, 4) is 0 Å². The first-order chi connectivity index (χ1) is 11.6. The van der Waals surface area contributed by atoms with Gasteiger partial charge in [0.05, 0.1) is 13.5 Å². The van der Waals surface area contributed by atoms with Gasteiger partial charge in [-0.2, -0.15) is 0 Å². The average molecular weight is 348 g/mol. The summed E-state index contributed by atoms with van der Waals surface area (Å²) in [6, 6.07) is 7.80. The third-order valence-corrected chi connectivity index (χ3v) is 3.66. The van der Waals surface area contributed by atoms with Crippen LogP contribution in [-0.4, -0.2) is 35.6 Å². The van der Waals surface area contributed by atoms with Crippen LogP contribution in [0.15, 0.2) is 30.5 Å². The van der Waals surface area contributed by atoms with Crippen molar-refractivity contribution in [2.24, 2.45) is 0 Å². The molecule has 0 radical (unpaired) electrons. The van der Waals surface area contributed by atoms with Crippen molar-refractivity contribution in [3.63, 3.8) is 0 Å². The number of hydrogen-bond acceptors (Lipinski definition) is 4. The number of carbonyl (C=O) groups is 2. The number of ether oxygens (including phenoxy) is 1. The van der Waals surface area contributed by atoms with Crippen LogP contribution in [0.3, 0.4) is 0 Å². The molecule has 2 aromatic rings. The van der Waals surface area contributed by atoms with Gasteiger partial charge in [-0.25, -0.2) is 0 Å². The Hall–Kier alpha value is -2.61. The number of aromatic nitrogens is 1. The summed E-state index contributed by atoms with van der Waals surface area (Å²) < 4.78 is 4.54. The number of thiocarbonyl (C=S) groups is 1. The maximum Gasteiger partial charge on any atom is 0.305 e. The van der Waals surface area contributed by atoms with E-state index in [2.05, 4.69) is 25.9 Å². The summed E-state index contributed by atoms with van der Waals surface area (Å²) in [5.41, 5.74) is 7.10. The lowest BCUT2D eigenvalue weighted by molar-refractivity contribution is -0.140. The Balaban J connectivity index is 1.69. The van der Waals surface area contributed by atoms with Gasteiger partial charge in [0, 0.05) is 30.1 Å². The summed E-state index contributed by atoms with van der Waals surface area (Å²) in [5.74, 6) is -0.457. The molecule has 1 aromatic heterocycles. The molecular formula is C16H20N4O3S. The lowest BCUT2D eigenvalue weighted by atomic mass is 10.1. The molecule has 1 heterocycles. The van der Waals surface area contributed by atoms with Crippen molar-refractivity contribution >= 4 is 40.1 Å². The van der Waals surface area contributed by atoms with E-state index in [1.54, 1.807) is 0 Å². The molecule has 128 valence electrons. The van der Waals surface area contributed by atoms with Gasteiger partial charge in [-0.05, 0) is 30.3 Å². The predicted octanol–water partition coefficient (Wildman–Crippen LogP) is 1.16. The third-order valence-electron chi connectivity index (χ3n) is 3.41. The number of benzene rings is 1. The highest BCUT2D eigenvalue weighted by molar-refractivity contribution is 7.80. The third kappa shape index (κ3) is 5.24. The molecule has 1 aromatic carbocycles. The second-order valence-electron chi connectivity index (χ2n) is 5.15. The van der Waals surface area contributed by atoms with Crippen LogP contribution in [0.4, 0.5) is 0 Å². The van der Waals surface area contributed by atoms with Gasteiger partial charge in [0.1, 0.15) is 0 Å². The number of hydrazine groups is 1. The Labute approximate surface area is 145 Å². The van der Waals surface area contributed by atoms with E-state index in [1.807, 2.05) is 30.5 Å². The number of amides is 1. The van der Waals surface area contributed by atoms with Gasteiger partial charge < -0.3 is 15.0 Å². The van der Waals surface area contributed by atoms with E-state index in [4.69, 9.17) is 12.2 Å². The fourth-order valence-corrected chi connectivity index (χ4v) is 2.36. The molecule has 0 fully saturated rings. The van der Waals surface area contributed by atoms with Gasteiger partial charge >= 0.3 is 5.97 Å². The lowest BCUT2D eigenvalue weighted by Gasteiger charge is -2.11. The summed E-state index contributed by atoms with van der Waals surface area (Å²) in [5, 5.41) is 4.22. The number of rotatable bonds is 6. The molecule has 4 N–H and O–H groups in total. The monoisotopic (exact) mass is 348 g/mol. The highest BCUT2D eigenvalue weighted by atomic mass is 32.1. The van der Waals surface area contributed by atoms with E-state index in [-0.39, 0.29) is 18.3 Å². The van der Waals surface area contributed by atoms with Crippen molar-refractivity contribution in [2.75, 3.05) is 13.7 Å². The number of carbonyl (C=O) groups excluding carboxylic acids is 2. The minimum atomic E-state index is -0.261. The van der Waals surface area contributed by atoms with Crippen molar-refractivity contribution < 1.29 is 14.3 Å². The van der Waals surface area contributed by atoms with Gasteiger partial charge in [0.2, 0.25) is 5.91 Å². The van der Waals surface area contributed by atoms with E-state index < -0.39 is 0 Å². The molecule has 0 atom stereocenters. The number of esters is 1. The molecule has 8 heteroatoms. The second kappa shape index (κ2) is 8.88. The number of methoxy groups -OCH3 is 1. The van der Waals surface area contributed by atoms with E-state index in [1.165, 1.54) is 7.11 Å². The minimum Gasteiger partial charge on any atom is -0.469 e. The van der Waals surface area contributed by atoms with Gasteiger partial charge in [0.15, 0.2) is 5.11 Å². The van der Waals surface area contributed by atoms with Crippen LogP contribution < -0.4 is 16.2 Å². The number of fused-ring (bicyclic) bond motifs is 1. The standard InChI is InChI=1S/C16H20N4O3S/c1-23-15(22)7-4-8-17-16(24)20-19-14(21)9-11-10-18-13-6-3-2-5-12(11)13/h2-3,5-6,10,18H,4,7-9H2,1H3,(H,19,21)(H2,17,20,24). The molecule has 1 amide bonds. The molecular weight excluding hydrogens is 328 g/mol. The SMILES string of the molecule is COC(=O)CCCNC(=S)NNC(=O)Cc1c[nH]c2ccccc12. The summed E-state index contributed by atoms with van der Waals surface area (Å²) in [7, 11) is 1.35. The fourth-order valence-electron chi connectivity index (χ4n) is 2.20. The predicted molar refractivity (Wildman–Crippen MR) is 95.1 cm³/mol. The van der Waals surface area contributed by atoms with Gasteiger partial charge in [-0.1, -0.05) is 18.2 Å². The van der Waals surface area contributed by atoms with E-state index in [9.17, 15) is 9.59 Å². The van der Waals surface area contributed by atoms with Gasteiger partial charge in [-0.15, -0.1) is 0 Å². The van der Waals surface area contributed by atoms with Crippen LogP contribution in [-0.2, 0) is 20.7 Å².